The summed E-state index contributed by atoms with van der Waals surface area (Å²) >= 11 is 0. The molecule has 0 rings (SSSR count). The lowest BCUT2D eigenvalue weighted by molar-refractivity contribution is -0.138. The van der Waals surface area contributed by atoms with Crippen molar-refractivity contribution in [3.63, 3.8) is 0 Å². The summed E-state index contributed by atoms with van der Waals surface area (Å²) in [5.74, 6) is -0.776. The van der Waals surface area contributed by atoms with Gasteiger partial charge in [-0.15, -0.1) is 0 Å². The summed E-state index contributed by atoms with van der Waals surface area (Å²) in [5.41, 5.74) is 0. The third-order valence-corrected chi connectivity index (χ3v) is 2.72. The number of aliphatic hydroxyl groups is 1. The van der Waals surface area contributed by atoms with Gasteiger partial charge in [0.15, 0.2) is 0 Å². The third kappa shape index (κ3) is 13.5. The number of hydrogen-bond donors (Lipinski definition) is 2. The second-order valence-electron chi connectivity index (χ2n) is 4.49. The van der Waals surface area contributed by atoms with E-state index in [1.165, 1.54) is 0 Å². The molecule has 0 heterocycles. The lowest BCUT2D eigenvalue weighted by atomic mass is 10.3. The van der Waals surface area contributed by atoms with Gasteiger partial charge in [-0.3, -0.25) is 14.6 Å². The Kier molecular flexibility index (Phi) is 17.1. The molecule has 0 unspecified atom stereocenters. The van der Waals surface area contributed by atoms with Crippen LogP contribution >= 0.6 is 0 Å². The van der Waals surface area contributed by atoms with Crippen molar-refractivity contribution in [2.75, 3.05) is 46.4 Å². The van der Waals surface area contributed by atoms with Crippen LogP contribution in [0.4, 0.5) is 0 Å². The van der Waals surface area contributed by atoms with E-state index in [9.17, 15) is 9.59 Å². The van der Waals surface area contributed by atoms with Crippen molar-refractivity contribution in [1.29, 1.82) is 0 Å². The zero-order chi connectivity index (χ0) is 15.8. The normalized spacial score (nSPS) is 10.3. The Morgan fingerprint density at radius 1 is 1.00 bits per heavy atom. The number of rotatable bonds is 12. The zero-order valence-corrected chi connectivity index (χ0v) is 13.0. The van der Waals surface area contributed by atoms with E-state index in [0.717, 1.165) is 58.8 Å². The van der Waals surface area contributed by atoms with Crippen LogP contribution in [0.15, 0.2) is 0 Å². The van der Waals surface area contributed by atoms with E-state index in [2.05, 4.69) is 11.8 Å². The van der Waals surface area contributed by atoms with Crippen LogP contribution in [0.2, 0.25) is 0 Å². The molecule has 0 spiro atoms. The lowest BCUT2D eigenvalue weighted by Gasteiger charge is -2.23. The second kappa shape index (κ2) is 16.1. The summed E-state index contributed by atoms with van der Waals surface area (Å²) in [5, 5.41) is 15.8. The van der Waals surface area contributed by atoms with Gasteiger partial charge < -0.3 is 15.0 Å². The predicted molar refractivity (Wildman–Crippen MR) is 79.9 cm³/mol. The molecule has 20 heavy (non-hydrogen) atoms. The van der Waals surface area contributed by atoms with Gasteiger partial charge in [0.1, 0.15) is 6.29 Å². The van der Waals surface area contributed by atoms with Gasteiger partial charge in [-0.1, -0.05) is 13.8 Å². The largest absolute Gasteiger partial charge is 0.480 e. The molecule has 0 aliphatic carbocycles. The molecule has 0 saturated heterocycles. The first-order chi connectivity index (χ1) is 9.63. The number of hydrogen-bond acceptors (Lipinski definition) is 5. The van der Waals surface area contributed by atoms with Crippen LogP contribution in [0.1, 0.15) is 33.1 Å². The van der Waals surface area contributed by atoms with Crippen molar-refractivity contribution in [3.05, 3.63) is 0 Å². The van der Waals surface area contributed by atoms with E-state index in [1.54, 1.807) is 0 Å². The molecular weight excluding hydrogens is 260 g/mol. The Hall–Kier alpha value is -0.980. The van der Waals surface area contributed by atoms with Crippen LogP contribution in [0, 0.1) is 0 Å². The molecule has 0 fully saturated rings. The van der Waals surface area contributed by atoms with E-state index >= 15 is 0 Å². The first kappa shape index (κ1) is 21.3. The number of carbonyl (C=O) groups is 2. The molecule has 0 aliphatic heterocycles. The Bertz CT molecular complexity index is 237. The number of aliphatic carboxylic acids is 1. The number of carboxylic acids is 1. The van der Waals surface area contributed by atoms with Crippen LogP contribution in [0.3, 0.4) is 0 Å². The van der Waals surface area contributed by atoms with E-state index in [1.807, 2.05) is 11.8 Å². The average molecular weight is 290 g/mol. The van der Waals surface area contributed by atoms with Crippen molar-refractivity contribution >= 4 is 12.3 Å². The van der Waals surface area contributed by atoms with Gasteiger partial charge in [-0.25, -0.2) is 0 Å². The monoisotopic (exact) mass is 290 g/mol. The topological polar surface area (TPSA) is 81.1 Å². The Morgan fingerprint density at radius 3 is 1.95 bits per heavy atom. The van der Waals surface area contributed by atoms with E-state index in [0.29, 0.717) is 6.54 Å². The summed E-state index contributed by atoms with van der Waals surface area (Å²) in [6.07, 6.45) is 3.82. The quantitative estimate of drug-likeness (QED) is 0.515. The average Bonchev–Trinajstić information content (AvgIpc) is 2.41. The van der Waals surface area contributed by atoms with Gasteiger partial charge in [0, 0.05) is 7.11 Å². The molecular formula is C14H30N2O4. The minimum absolute atomic E-state index is 0.106. The molecule has 0 amide bonds. The summed E-state index contributed by atoms with van der Waals surface area (Å²) in [4.78, 5) is 25.3. The highest BCUT2D eigenvalue weighted by atomic mass is 16.4. The Morgan fingerprint density at radius 2 is 1.50 bits per heavy atom. The second-order valence-corrected chi connectivity index (χ2v) is 4.49. The van der Waals surface area contributed by atoms with E-state index in [-0.39, 0.29) is 6.54 Å². The maximum absolute atomic E-state index is 10.7. The minimum atomic E-state index is -0.776. The first-order valence-corrected chi connectivity index (χ1v) is 7.18. The number of carboxylic acid groups (broad SMARTS) is 1. The highest BCUT2D eigenvalue weighted by Crippen LogP contribution is 1.98. The lowest BCUT2D eigenvalue weighted by Crippen LogP contribution is -2.34. The van der Waals surface area contributed by atoms with Crippen molar-refractivity contribution in [1.82, 2.24) is 9.80 Å². The number of aldehydes is 1. The van der Waals surface area contributed by atoms with Gasteiger partial charge >= 0.3 is 5.97 Å². The fraction of sp³-hybridized carbons (Fsp3) is 0.857. The highest BCUT2D eigenvalue weighted by Gasteiger charge is 2.09. The van der Waals surface area contributed by atoms with Crippen LogP contribution in [-0.4, -0.2) is 78.6 Å². The summed E-state index contributed by atoms with van der Waals surface area (Å²) < 4.78 is 0. The molecule has 0 aromatic heterocycles. The molecule has 2 N–H and O–H groups in total. The molecule has 0 saturated carbocycles. The molecule has 0 radical (unpaired) electrons. The highest BCUT2D eigenvalue weighted by molar-refractivity contribution is 5.69. The zero-order valence-electron chi connectivity index (χ0n) is 13.0. The van der Waals surface area contributed by atoms with Crippen molar-refractivity contribution in [2.45, 2.75) is 33.1 Å². The number of aliphatic hydroxyl groups excluding tert-OH is 1. The maximum atomic E-state index is 10.7. The van der Waals surface area contributed by atoms with Crippen LogP contribution in [0.5, 0.6) is 0 Å². The summed E-state index contributed by atoms with van der Waals surface area (Å²) in [6, 6.07) is 0. The van der Waals surface area contributed by atoms with Crippen molar-refractivity contribution in [2.24, 2.45) is 0 Å². The molecule has 0 atom stereocenters. The fourth-order valence-electron chi connectivity index (χ4n) is 2.01. The van der Waals surface area contributed by atoms with Crippen LogP contribution < -0.4 is 0 Å². The van der Waals surface area contributed by atoms with Gasteiger partial charge in [-0.2, -0.15) is 0 Å². The standard InChI is InChI=1S/C13H26N2O3.CH4O/c1-3-6-14(10-11-16)8-5-9-15(7-4-2)12-13(17)18;1-2/h11H,3-10,12H2,1-2H3,(H,17,18);2H,1H3. The summed E-state index contributed by atoms with van der Waals surface area (Å²) in [7, 11) is 1.00. The molecule has 0 aliphatic rings. The van der Waals surface area contributed by atoms with E-state index < -0.39 is 5.97 Å². The number of carbonyl (C=O) groups excluding carboxylic acids is 1. The van der Waals surface area contributed by atoms with Crippen LogP contribution in [-0.2, 0) is 9.59 Å². The Balaban J connectivity index is 0. The molecule has 6 nitrogen and oxygen atoms in total. The van der Waals surface area contributed by atoms with Gasteiger partial charge in [0.2, 0.25) is 0 Å². The van der Waals surface area contributed by atoms with Gasteiger partial charge in [0.05, 0.1) is 13.1 Å². The Labute approximate surface area is 122 Å². The van der Waals surface area contributed by atoms with Crippen molar-refractivity contribution < 1.29 is 19.8 Å². The molecule has 0 bridgehead atoms. The van der Waals surface area contributed by atoms with E-state index in [4.69, 9.17) is 10.2 Å². The molecule has 6 heteroatoms. The first-order valence-electron chi connectivity index (χ1n) is 7.18. The fourth-order valence-corrected chi connectivity index (χ4v) is 2.01. The van der Waals surface area contributed by atoms with Crippen LogP contribution in [0.25, 0.3) is 0 Å². The molecule has 0 aromatic rings. The van der Waals surface area contributed by atoms with Crippen molar-refractivity contribution in [3.8, 4) is 0 Å². The van der Waals surface area contributed by atoms with Gasteiger partial charge in [0.25, 0.3) is 0 Å². The SMILES string of the molecule is CCCN(CC=O)CCCN(CCC)CC(=O)O.CO. The predicted octanol–water partition coefficient (Wildman–Crippen LogP) is 0.693. The van der Waals surface area contributed by atoms with Gasteiger partial charge in [-0.05, 0) is 45.4 Å². The number of nitrogens with zero attached hydrogens (tertiary/aromatic N) is 2. The molecule has 0 aromatic carbocycles. The third-order valence-electron chi connectivity index (χ3n) is 2.72. The minimum Gasteiger partial charge on any atom is -0.480 e. The summed E-state index contributed by atoms with van der Waals surface area (Å²) in [6.45, 7) is 8.08. The maximum Gasteiger partial charge on any atom is 0.317 e. The molecule has 120 valence electrons. The smallest absolute Gasteiger partial charge is 0.317 e.